The topological polar surface area (TPSA) is 31.4 Å². The molecule has 0 saturated carbocycles. The highest BCUT2D eigenvalue weighted by atomic mass is 32.1. The van der Waals surface area contributed by atoms with E-state index in [1.54, 1.807) is 0 Å². The van der Waals surface area contributed by atoms with Crippen LogP contribution >= 0.6 is 11.3 Å². The number of rotatable bonds is 5. The Morgan fingerprint density at radius 1 is 1.35 bits per heavy atom. The summed E-state index contributed by atoms with van der Waals surface area (Å²) in [5, 5.41) is 4.46. The molecule has 0 aromatic carbocycles. The van der Waals surface area contributed by atoms with Gasteiger partial charge in [-0.1, -0.05) is 6.92 Å². The van der Waals surface area contributed by atoms with Crippen LogP contribution in [0.15, 0.2) is 6.20 Å². The van der Waals surface area contributed by atoms with Crippen LogP contribution in [0.1, 0.15) is 37.5 Å². The van der Waals surface area contributed by atoms with E-state index in [0.717, 1.165) is 36.7 Å². The third-order valence-electron chi connectivity index (χ3n) is 4.69. The van der Waals surface area contributed by atoms with Crippen molar-refractivity contribution in [1.29, 1.82) is 0 Å². The van der Waals surface area contributed by atoms with Crippen LogP contribution in [0.2, 0.25) is 0 Å². The van der Waals surface area contributed by atoms with Gasteiger partial charge in [0.2, 0.25) is 0 Å². The summed E-state index contributed by atoms with van der Waals surface area (Å²) in [5.74, 6) is 0. The molecular formula is C15H26N4S. The number of fused-ring (bicyclic) bond motifs is 2. The molecule has 2 unspecified atom stereocenters. The van der Waals surface area contributed by atoms with E-state index >= 15 is 0 Å². The van der Waals surface area contributed by atoms with E-state index in [0.29, 0.717) is 0 Å². The van der Waals surface area contributed by atoms with Crippen LogP contribution in [-0.2, 0) is 6.54 Å². The van der Waals surface area contributed by atoms with Crippen molar-refractivity contribution in [3.05, 3.63) is 11.1 Å². The van der Waals surface area contributed by atoms with E-state index in [1.165, 1.54) is 37.2 Å². The Bertz CT molecular complexity index is 433. The van der Waals surface area contributed by atoms with Crippen molar-refractivity contribution in [2.75, 3.05) is 32.0 Å². The van der Waals surface area contributed by atoms with E-state index in [1.807, 2.05) is 11.3 Å². The quantitative estimate of drug-likeness (QED) is 0.904. The van der Waals surface area contributed by atoms with Crippen LogP contribution < -0.4 is 5.32 Å². The van der Waals surface area contributed by atoms with Gasteiger partial charge >= 0.3 is 0 Å². The summed E-state index contributed by atoms with van der Waals surface area (Å²) < 4.78 is 0. The molecule has 0 radical (unpaired) electrons. The van der Waals surface area contributed by atoms with Crippen LogP contribution in [0, 0.1) is 0 Å². The Balaban J connectivity index is 1.56. The first-order valence-electron chi connectivity index (χ1n) is 7.89. The second kappa shape index (κ2) is 6.41. The number of anilines is 1. The van der Waals surface area contributed by atoms with E-state index in [-0.39, 0.29) is 0 Å². The Kier molecular flexibility index (Phi) is 4.58. The fraction of sp³-hybridized carbons (Fsp3) is 0.800. The minimum absolute atomic E-state index is 0.771. The molecule has 0 aliphatic carbocycles. The zero-order valence-corrected chi connectivity index (χ0v) is 13.5. The van der Waals surface area contributed by atoms with E-state index < -0.39 is 0 Å². The summed E-state index contributed by atoms with van der Waals surface area (Å²) in [6.07, 6.45) is 7.31. The number of likely N-dealkylation sites (tertiary alicyclic amines) is 1. The number of hydrogen-bond acceptors (Lipinski definition) is 5. The van der Waals surface area contributed by atoms with Crippen molar-refractivity contribution in [3.8, 4) is 0 Å². The molecule has 2 fully saturated rings. The van der Waals surface area contributed by atoms with E-state index in [2.05, 4.69) is 40.3 Å². The molecule has 2 bridgehead atoms. The summed E-state index contributed by atoms with van der Waals surface area (Å²) in [4.78, 5) is 11.1. The van der Waals surface area contributed by atoms with Crippen LogP contribution in [0.3, 0.4) is 0 Å². The highest BCUT2D eigenvalue weighted by Crippen LogP contribution is 2.29. The molecule has 112 valence electrons. The highest BCUT2D eigenvalue weighted by molar-refractivity contribution is 7.15. The maximum Gasteiger partial charge on any atom is 0.182 e. The van der Waals surface area contributed by atoms with Crippen LogP contribution in [0.5, 0.6) is 0 Å². The van der Waals surface area contributed by atoms with Crippen LogP contribution in [0.4, 0.5) is 5.13 Å². The minimum Gasteiger partial charge on any atom is -0.362 e. The number of nitrogens with one attached hydrogen (secondary N) is 1. The fourth-order valence-electron chi connectivity index (χ4n) is 3.44. The molecule has 20 heavy (non-hydrogen) atoms. The van der Waals surface area contributed by atoms with E-state index in [4.69, 9.17) is 0 Å². The Morgan fingerprint density at radius 2 is 2.20 bits per heavy atom. The van der Waals surface area contributed by atoms with Gasteiger partial charge in [-0.05, 0) is 32.7 Å². The van der Waals surface area contributed by atoms with Crippen molar-refractivity contribution in [1.82, 2.24) is 14.8 Å². The SMILES string of the molecule is CCCNc1ncc(CN2CCC3CCC(C2)N3C)s1. The van der Waals surface area contributed by atoms with Gasteiger partial charge in [-0.25, -0.2) is 4.98 Å². The largest absolute Gasteiger partial charge is 0.362 e. The van der Waals surface area contributed by atoms with Crippen molar-refractivity contribution in [3.63, 3.8) is 0 Å². The molecule has 0 spiro atoms. The van der Waals surface area contributed by atoms with Crippen molar-refractivity contribution in [2.45, 2.75) is 51.2 Å². The Hall–Kier alpha value is -0.650. The summed E-state index contributed by atoms with van der Waals surface area (Å²) in [7, 11) is 2.31. The minimum atomic E-state index is 0.771. The smallest absolute Gasteiger partial charge is 0.182 e. The number of nitrogens with zero attached hydrogens (tertiary/aromatic N) is 3. The molecule has 1 aromatic heterocycles. The first-order valence-corrected chi connectivity index (χ1v) is 8.70. The van der Waals surface area contributed by atoms with Gasteiger partial charge in [0.05, 0.1) is 0 Å². The number of thiazole rings is 1. The standard InChI is InChI=1S/C15H26N4S/c1-3-7-16-15-17-9-14(20-15)11-19-8-6-12-4-5-13(10-19)18(12)2/h9,12-13H,3-8,10-11H2,1-2H3,(H,16,17). The highest BCUT2D eigenvalue weighted by Gasteiger charge is 2.34. The van der Waals surface area contributed by atoms with Gasteiger partial charge in [-0.2, -0.15) is 0 Å². The maximum atomic E-state index is 4.48. The molecule has 4 nitrogen and oxygen atoms in total. The number of aromatic nitrogens is 1. The average molecular weight is 294 g/mol. The second-order valence-corrected chi connectivity index (χ2v) is 7.25. The molecule has 2 aliphatic rings. The zero-order valence-electron chi connectivity index (χ0n) is 12.6. The van der Waals surface area contributed by atoms with Gasteiger partial charge < -0.3 is 5.32 Å². The van der Waals surface area contributed by atoms with Gasteiger partial charge in [-0.15, -0.1) is 11.3 Å². The molecule has 1 N–H and O–H groups in total. The van der Waals surface area contributed by atoms with Gasteiger partial charge in [0, 0.05) is 49.3 Å². The zero-order chi connectivity index (χ0) is 13.9. The molecule has 3 heterocycles. The summed E-state index contributed by atoms with van der Waals surface area (Å²) >= 11 is 1.82. The van der Waals surface area contributed by atoms with Gasteiger partial charge in [0.1, 0.15) is 0 Å². The van der Waals surface area contributed by atoms with Crippen molar-refractivity contribution < 1.29 is 0 Å². The molecule has 0 amide bonds. The molecule has 2 aliphatic heterocycles. The molecule has 1 aromatic rings. The monoisotopic (exact) mass is 294 g/mol. The van der Waals surface area contributed by atoms with Gasteiger partial charge in [-0.3, -0.25) is 9.80 Å². The van der Waals surface area contributed by atoms with Crippen LogP contribution in [-0.4, -0.2) is 53.5 Å². The predicted molar refractivity (Wildman–Crippen MR) is 85.4 cm³/mol. The molecule has 5 heteroatoms. The molecule has 2 atom stereocenters. The van der Waals surface area contributed by atoms with E-state index in [9.17, 15) is 0 Å². The lowest BCUT2D eigenvalue weighted by molar-refractivity contribution is 0.215. The fourth-order valence-corrected chi connectivity index (χ4v) is 4.32. The average Bonchev–Trinajstić information content (AvgIpc) is 2.96. The van der Waals surface area contributed by atoms with Crippen molar-refractivity contribution >= 4 is 16.5 Å². The number of likely N-dealkylation sites (N-methyl/N-ethyl adjacent to an activating group) is 1. The lowest BCUT2D eigenvalue weighted by Crippen LogP contribution is -2.36. The predicted octanol–water partition coefficient (Wildman–Crippen LogP) is 2.63. The maximum absolute atomic E-state index is 4.48. The van der Waals surface area contributed by atoms with Gasteiger partial charge in [0.15, 0.2) is 5.13 Å². The third kappa shape index (κ3) is 3.15. The third-order valence-corrected chi connectivity index (χ3v) is 5.63. The Labute approximate surface area is 126 Å². The lowest BCUT2D eigenvalue weighted by atomic mass is 10.1. The summed E-state index contributed by atoms with van der Waals surface area (Å²) in [5.41, 5.74) is 0. The van der Waals surface area contributed by atoms with Gasteiger partial charge in [0.25, 0.3) is 0 Å². The first-order chi connectivity index (χ1) is 9.76. The summed E-state index contributed by atoms with van der Waals surface area (Å²) in [6.45, 7) is 6.74. The normalized spacial score (nSPS) is 27.7. The first kappa shape index (κ1) is 14.3. The number of hydrogen-bond donors (Lipinski definition) is 1. The van der Waals surface area contributed by atoms with Crippen LogP contribution in [0.25, 0.3) is 0 Å². The Morgan fingerprint density at radius 3 is 3.05 bits per heavy atom. The summed E-state index contributed by atoms with van der Waals surface area (Å²) in [6, 6.07) is 1.60. The molecule has 2 saturated heterocycles. The molecule has 3 rings (SSSR count). The lowest BCUT2D eigenvalue weighted by Gasteiger charge is -2.25. The second-order valence-electron chi connectivity index (χ2n) is 6.13. The van der Waals surface area contributed by atoms with Crippen molar-refractivity contribution in [2.24, 2.45) is 0 Å². The molecular weight excluding hydrogens is 268 g/mol.